The van der Waals surface area contributed by atoms with E-state index in [0.717, 1.165) is 56.9 Å². The molecule has 3 aliphatic heterocycles. The van der Waals surface area contributed by atoms with E-state index >= 15 is 0 Å². The SMILES string of the molecule is CC(=O)N1CCc2c(c(N3CCCc4cc(-c5cnn(C)c5)ccc43)nn2C2COC2)C1. The fourth-order valence-corrected chi connectivity index (χ4v) is 5.15. The van der Waals surface area contributed by atoms with Crippen molar-refractivity contribution in [3.8, 4) is 11.1 Å². The number of benzene rings is 1. The van der Waals surface area contributed by atoms with E-state index in [1.165, 1.54) is 28.1 Å². The number of ether oxygens (including phenoxy) is 1. The lowest BCUT2D eigenvalue weighted by molar-refractivity contribution is -0.129. The van der Waals surface area contributed by atoms with Crippen LogP contribution in [0.1, 0.15) is 36.2 Å². The molecule has 0 bridgehead atoms. The molecule has 0 aliphatic carbocycles. The molecule has 5 heterocycles. The Labute approximate surface area is 187 Å². The zero-order valence-electron chi connectivity index (χ0n) is 18.6. The van der Waals surface area contributed by atoms with E-state index in [2.05, 4.69) is 39.1 Å². The molecule has 3 aromatic rings. The molecule has 1 saturated heterocycles. The molecule has 0 N–H and O–H groups in total. The van der Waals surface area contributed by atoms with E-state index in [9.17, 15) is 4.79 Å². The number of aromatic nitrogens is 4. The van der Waals surface area contributed by atoms with Gasteiger partial charge in [0.2, 0.25) is 5.91 Å². The number of fused-ring (bicyclic) bond motifs is 2. The summed E-state index contributed by atoms with van der Waals surface area (Å²) in [5.41, 5.74) is 7.36. The highest BCUT2D eigenvalue weighted by Crippen LogP contribution is 2.40. The van der Waals surface area contributed by atoms with Crippen LogP contribution in [0.2, 0.25) is 0 Å². The Bertz CT molecular complexity index is 1190. The predicted molar refractivity (Wildman–Crippen MR) is 121 cm³/mol. The van der Waals surface area contributed by atoms with E-state index in [-0.39, 0.29) is 5.91 Å². The quantitative estimate of drug-likeness (QED) is 0.637. The number of aryl methyl sites for hydroxylation is 2. The summed E-state index contributed by atoms with van der Waals surface area (Å²) in [4.78, 5) is 16.4. The van der Waals surface area contributed by atoms with Crippen molar-refractivity contribution >= 4 is 17.4 Å². The van der Waals surface area contributed by atoms with E-state index in [1.54, 1.807) is 6.92 Å². The number of nitrogens with zero attached hydrogens (tertiary/aromatic N) is 6. The highest BCUT2D eigenvalue weighted by Gasteiger charge is 2.34. The number of carbonyl (C=O) groups excluding carboxylic acids is 1. The number of hydrogen-bond acceptors (Lipinski definition) is 5. The van der Waals surface area contributed by atoms with Gasteiger partial charge in [-0.2, -0.15) is 10.2 Å². The third-order valence-electron chi connectivity index (χ3n) is 6.97. The van der Waals surface area contributed by atoms with Crippen LogP contribution >= 0.6 is 0 Å². The van der Waals surface area contributed by atoms with Crippen LogP contribution in [0, 0.1) is 0 Å². The van der Waals surface area contributed by atoms with Crippen molar-refractivity contribution in [1.29, 1.82) is 0 Å². The molecule has 32 heavy (non-hydrogen) atoms. The molecule has 0 spiro atoms. The van der Waals surface area contributed by atoms with Crippen molar-refractivity contribution in [1.82, 2.24) is 24.5 Å². The Morgan fingerprint density at radius 2 is 2.03 bits per heavy atom. The van der Waals surface area contributed by atoms with Crippen molar-refractivity contribution in [3.05, 3.63) is 47.4 Å². The maximum Gasteiger partial charge on any atom is 0.219 e. The first-order valence-electron chi connectivity index (χ1n) is 11.4. The Kier molecular flexibility index (Phi) is 4.57. The zero-order chi connectivity index (χ0) is 21.8. The van der Waals surface area contributed by atoms with Crippen molar-refractivity contribution in [2.75, 3.05) is 31.2 Å². The molecule has 0 radical (unpaired) electrons. The molecule has 0 saturated carbocycles. The molecule has 8 heteroatoms. The smallest absolute Gasteiger partial charge is 0.219 e. The molecule has 1 aromatic carbocycles. The number of anilines is 2. The van der Waals surface area contributed by atoms with Crippen molar-refractivity contribution in [3.63, 3.8) is 0 Å². The van der Waals surface area contributed by atoms with Crippen LogP contribution in [-0.2, 0) is 36.0 Å². The molecule has 166 valence electrons. The molecule has 0 atom stereocenters. The summed E-state index contributed by atoms with van der Waals surface area (Å²) in [6.07, 6.45) is 6.95. The van der Waals surface area contributed by atoms with Gasteiger partial charge in [0.1, 0.15) is 0 Å². The highest BCUT2D eigenvalue weighted by molar-refractivity contribution is 5.76. The standard InChI is InChI=1S/C24H28N6O2/c1-16(31)28-9-7-23-21(13-28)24(26-30(23)20-14-32-15-20)29-8-3-4-18-10-17(5-6-22(18)29)19-11-25-27(2)12-19/h5-6,10-12,20H,3-4,7-9,13-15H2,1-2H3. The van der Waals surface area contributed by atoms with E-state index < -0.39 is 0 Å². The van der Waals surface area contributed by atoms with Gasteiger partial charge in [-0.1, -0.05) is 6.07 Å². The van der Waals surface area contributed by atoms with Crippen LogP contribution in [0.3, 0.4) is 0 Å². The number of hydrogen-bond donors (Lipinski definition) is 0. The monoisotopic (exact) mass is 432 g/mol. The van der Waals surface area contributed by atoms with Crippen molar-refractivity contribution in [2.45, 2.75) is 38.8 Å². The van der Waals surface area contributed by atoms with Crippen molar-refractivity contribution in [2.24, 2.45) is 7.05 Å². The Balaban J connectivity index is 1.41. The average molecular weight is 433 g/mol. The summed E-state index contributed by atoms with van der Waals surface area (Å²) in [5.74, 6) is 1.13. The minimum absolute atomic E-state index is 0.126. The first-order valence-corrected chi connectivity index (χ1v) is 11.4. The van der Waals surface area contributed by atoms with E-state index in [1.807, 2.05) is 22.8 Å². The first kappa shape index (κ1) is 19.5. The van der Waals surface area contributed by atoms with Crippen LogP contribution < -0.4 is 4.90 Å². The summed E-state index contributed by atoms with van der Waals surface area (Å²) in [5, 5.41) is 9.45. The van der Waals surface area contributed by atoms with E-state index in [0.29, 0.717) is 12.6 Å². The average Bonchev–Trinajstić information content (AvgIpc) is 3.35. The molecular weight excluding hydrogens is 404 g/mol. The Hall–Kier alpha value is -3.13. The summed E-state index contributed by atoms with van der Waals surface area (Å²) in [6.45, 7) is 5.41. The molecule has 1 fully saturated rings. The number of amides is 1. The summed E-state index contributed by atoms with van der Waals surface area (Å²) >= 11 is 0. The van der Waals surface area contributed by atoms with E-state index in [4.69, 9.17) is 9.84 Å². The largest absolute Gasteiger partial charge is 0.377 e. The molecule has 1 amide bonds. The minimum atomic E-state index is 0.126. The fraction of sp³-hybridized carbons (Fsp3) is 0.458. The van der Waals surface area contributed by atoms with Gasteiger partial charge < -0.3 is 14.5 Å². The highest BCUT2D eigenvalue weighted by atomic mass is 16.5. The predicted octanol–water partition coefficient (Wildman–Crippen LogP) is 2.84. The fourth-order valence-electron chi connectivity index (χ4n) is 5.15. The second kappa shape index (κ2) is 7.48. The first-order chi connectivity index (χ1) is 15.6. The lowest BCUT2D eigenvalue weighted by Crippen LogP contribution is -2.37. The van der Waals surface area contributed by atoms with Gasteiger partial charge in [-0.05, 0) is 36.1 Å². The Morgan fingerprint density at radius 3 is 2.75 bits per heavy atom. The van der Waals surface area contributed by atoms with Gasteiger partial charge in [0.25, 0.3) is 0 Å². The molecular formula is C24H28N6O2. The third kappa shape index (κ3) is 3.12. The molecule has 3 aliphatic rings. The summed E-state index contributed by atoms with van der Waals surface area (Å²) < 4.78 is 9.48. The third-order valence-corrected chi connectivity index (χ3v) is 6.97. The molecule has 2 aromatic heterocycles. The topological polar surface area (TPSA) is 68.4 Å². The van der Waals surface area contributed by atoms with Crippen LogP contribution in [0.15, 0.2) is 30.6 Å². The minimum Gasteiger partial charge on any atom is -0.377 e. The lowest BCUT2D eigenvalue weighted by Gasteiger charge is -2.33. The van der Waals surface area contributed by atoms with Gasteiger partial charge >= 0.3 is 0 Å². The lowest BCUT2D eigenvalue weighted by atomic mass is 9.96. The Morgan fingerprint density at radius 1 is 1.16 bits per heavy atom. The molecule has 8 nitrogen and oxygen atoms in total. The zero-order valence-corrected chi connectivity index (χ0v) is 18.6. The second-order valence-electron chi connectivity index (χ2n) is 9.08. The van der Waals surface area contributed by atoms with Gasteiger partial charge in [0, 0.05) is 62.2 Å². The normalized spacial score (nSPS) is 18.3. The van der Waals surface area contributed by atoms with Crippen LogP contribution in [0.25, 0.3) is 11.1 Å². The number of rotatable bonds is 3. The van der Waals surface area contributed by atoms with Crippen LogP contribution in [0.5, 0.6) is 0 Å². The maximum absolute atomic E-state index is 12.1. The number of carbonyl (C=O) groups is 1. The van der Waals surface area contributed by atoms with Gasteiger partial charge in [-0.3, -0.25) is 14.2 Å². The van der Waals surface area contributed by atoms with Crippen LogP contribution in [0.4, 0.5) is 11.5 Å². The van der Waals surface area contributed by atoms with Gasteiger partial charge in [0.05, 0.1) is 32.0 Å². The summed E-state index contributed by atoms with van der Waals surface area (Å²) in [7, 11) is 1.95. The summed E-state index contributed by atoms with van der Waals surface area (Å²) in [6, 6.07) is 7.00. The van der Waals surface area contributed by atoms with Gasteiger partial charge in [0.15, 0.2) is 5.82 Å². The second-order valence-corrected chi connectivity index (χ2v) is 9.08. The molecule has 6 rings (SSSR count). The van der Waals surface area contributed by atoms with Crippen LogP contribution in [-0.4, -0.2) is 56.7 Å². The van der Waals surface area contributed by atoms with Crippen molar-refractivity contribution < 1.29 is 9.53 Å². The van der Waals surface area contributed by atoms with Gasteiger partial charge in [-0.15, -0.1) is 0 Å². The van der Waals surface area contributed by atoms with Gasteiger partial charge in [-0.25, -0.2) is 0 Å². The maximum atomic E-state index is 12.1. The molecule has 0 unspecified atom stereocenters.